The highest BCUT2D eigenvalue weighted by molar-refractivity contribution is 7.16. The molecule has 3 N–H and O–H groups in total. The Morgan fingerprint density at radius 1 is 1.06 bits per heavy atom. The number of benzene rings is 2. The van der Waals surface area contributed by atoms with Crippen LogP contribution < -0.4 is 15.8 Å². The maximum Gasteiger partial charge on any atom is 0.257 e. The van der Waals surface area contributed by atoms with Crippen molar-refractivity contribution in [3.8, 4) is 17.0 Å². The third-order valence-corrected chi connectivity index (χ3v) is 6.57. The topological polar surface area (TPSA) is 94.3 Å². The Bertz CT molecular complexity index is 1340. The summed E-state index contributed by atoms with van der Waals surface area (Å²) >= 11 is 1.37. The lowest BCUT2D eigenvalue weighted by atomic mass is 10.0. The summed E-state index contributed by atoms with van der Waals surface area (Å²) in [6, 6.07) is 18.6. The normalized spacial score (nSPS) is 11.0. The molecule has 0 radical (unpaired) electrons. The number of nitrogens with one attached hydrogen (secondary N) is 1. The molecule has 0 aliphatic rings. The molecular weight excluding hydrogens is 434 g/mol. The van der Waals surface area contributed by atoms with Crippen molar-refractivity contribution >= 4 is 39.1 Å². The molecular formula is C26H25N3O3S. The summed E-state index contributed by atoms with van der Waals surface area (Å²) in [4.78, 5) is 31.1. The van der Waals surface area contributed by atoms with Crippen LogP contribution in [0.5, 0.6) is 5.75 Å². The van der Waals surface area contributed by atoms with Crippen LogP contribution in [0.15, 0.2) is 60.7 Å². The maximum absolute atomic E-state index is 13.4. The van der Waals surface area contributed by atoms with Crippen molar-refractivity contribution in [1.82, 2.24) is 4.98 Å². The molecule has 4 rings (SSSR count). The van der Waals surface area contributed by atoms with Crippen LogP contribution in [0.1, 0.15) is 52.3 Å². The molecule has 2 heterocycles. The molecule has 0 unspecified atom stereocenters. The van der Waals surface area contributed by atoms with E-state index in [9.17, 15) is 9.59 Å². The van der Waals surface area contributed by atoms with Gasteiger partial charge in [0.1, 0.15) is 10.8 Å². The molecule has 0 aliphatic carbocycles. The highest BCUT2D eigenvalue weighted by atomic mass is 32.1. The highest BCUT2D eigenvalue weighted by Gasteiger charge is 2.20. The SMILES string of the molecule is CCOc1cccc(-c2cc(C(=O)Nc3sc(C(C)C)cc3C(N)=O)c3ccccc3n2)c1. The zero-order valence-electron chi connectivity index (χ0n) is 18.7. The number of nitrogens with two attached hydrogens (primary N) is 1. The van der Waals surface area contributed by atoms with Crippen LogP contribution in [0.25, 0.3) is 22.2 Å². The molecule has 0 atom stereocenters. The smallest absolute Gasteiger partial charge is 0.257 e. The molecule has 6 nitrogen and oxygen atoms in total. The Kier molecular flexibility index (Phi) is 6.42. The zero-order valence-corrected chi connectivity index (χ0v) is 19.5. The van der Waals surface area contributed by atoms with Gasteiger partial charge in [-0.1, -0.05) is 44.2 Å². The molecule has 0 bridgehead atoms. The molecule has 4 aromatic rings. The summed E-state index contributed by atoms with van der Waals surface area (Å²) in [7, 11) is 0. The van der Waals surface area contributed by atoms with Crippen molar-refractivity contribution in [3.05, 3.63) is 76.7 Å². The fourth-order valence-electron chi connectivity index (χ4n) is 3.56. The van der Waals surface area contributed by atoms with Crippen molar-refractivity contribution in [1.29, 1.82) is 0 Å². The number of carbonyl (C=O) groups excluding carboxylic acids is 2. The molecule has 2 aromatic carbocycles. The molecule has 33 heavy (non-hydrogen) atoms. The van der Waals surface area contributed by atoms with Crippen LogP contribution >= 0.6 is 11.3 Å². The van der Waals surface area contributed by atoms with E-state index in [1.165, 1.54) is 11.3 Å². The number of nitrogens with zero attached hydrogens (tertiary/aromatic N) is 1. The lowest BCUT2D eigenvalue weighted by molar-refractivity contribution is 0.100. The quantitative estimate of drug-likeness (QED) is 0.363. The molecule has 2 aromatic heterocycles. The highest BCUT2D eigenvalue weighted by Crippen LogP contribution is 2.34. The van der Waals surface area contributed by atoms with Crippen LogP contribution in [0, 0.1) is 0 Å². The van der Waals surface area contributed by atoms with Crippen molar-refractivity contribution in [2.75, 3.05) is 11.9 Å². The minimum atomic E-state index is -0.568. The van der Waals surface area contributed by atoms with E-state index in [0.29, 0.717) is 33.9 Å². The van der Waals surface area contributed by atoms with Crippen molar-refractivity contribution in [3.63, 3.8) is 0 Å². The van der Waals surface area contributed by atoms with Gasteiger partial charge in [0, 0.05) is 15.8 Å². The molecule has 0 spiro atoms. The van der Waals surface area contributed by atoms with Gasteiger partial charge in [-0.3, -0.25) is 9.59 Å². The number of anilines is 1. The first-order valence-electron chi connectivity index (χ1n) is 10.7. The minimum absolute atomic E-state index is 0.213. The van der Waals surface area contributed by atoms with Gasteiger partial charge in [0.15, 0.2) is 0 Å². The molecule has 168 valence electrons. The number of primary amides is 1. The number of amides is 2. The summed E-state index contributed by atoms with van der Waals surface area (Å²) in [5.74, 6) is 0.0588. The maximum atomic E-state index is 13.4. The minimum Gasteiger partial charge on any atom is -0.494 e. The number of para-hydroxylation sites is 1. The molecule has 0 aliphatic heterocycles. The van der Waals surface area contributed by atoms with E-state index in [-0.39, 0.29) is 11.8 Å². The second-order valence-electron chi connectivity index (χ2n) is 7.90. The van der Waals surface area contributed by atoms with Gasteiger partial charge < -0.3 is 15.8 Å². The number of pyridine rings is 1. The number of hydrogen-bond acceptors (Lipinski definition) is 5. The third kappa shape index (κ3) is 4.73. The number of fused-ring (bicyclic) bond motifs is 1. The van der Waals surface area contributed by atoms with Crippen LogP contribution in [0.2, 0.25) is 0 Å². The molecule has 0 saturated carbocycles. The summed E-state index contributed by atoms with van der Waals surface area (Å²) < 4.78 is 5.62. The van der Waals surface area contributed by atoms with E-state index in [1.807, 2.05) is 69.3 Å². The predicted octanol–water partition coefficient (Wildman–Crippen LogP) is 5.84. The van der Waals surface area contributed by atoms with Crippen LogP contribution in [0.4, 0.5) is 5.00 Å². The first kappa shape index (κ1) is 22.5. The summed E-state index contributed by atoms with van der Waals surface area (Å²) in [5.41, 5.74) is 8.55. The molecule has 0 fully saturated rings. The van der Waals surface area contributed by atoms with Gasteiger partial charge in [-0.15, -0.1) is 11.3 Å². The Labute approximate surface area is 196 Å². The van der Waals surface area contributed by atoms with Gasteiger partial charge in [0.25, 0.3) is 11.8 Å². The number of carbonyl (C=O) groups is 2. The number of thiophene rings is 1. The Morgan fingerprint density at radius 3 is 2.58 bits per heavy atom. The standard InChI is InChI=1S/C26H25N3O3S/c1-4-32-17-9-7-8-16(12-17)22-13-19(18-10-5-6-11-21(18)28-22)25(31)29-26-20(24(27)30)14-23(33-26)15(2)3/h5-15H,4H2,1-3H3,(H2,27,30)(H,29,31). The Hall–Kier alpha value is -3.71. The van der Waals surface area contributed by atoms with Crippen molar-refractivity contribution in [2.24, 2.45) is 5.73 Å². The van der Waals surface area contributed by atoms with E-state index in [0.717, 1.165) is 21.6 Å². The lowest BCUT2D eigenvalue weighted by Gasteiger charge is -2.11. The van der Waals surface area contributed by atoms with Gasteiger partial charge in [-0.05, 0) is 43.2 Å². The fourth-order valence-corrected chi connectivity index (χ4v) is 4.63. The molecule has 2 amide bonds. The van der Waals surface area contributed by atoms with E-state index in [4.69, 9.17) is 15.5 Å². The lowest BCUT2D eigenvalue weighted by Crippen LogP contribution is -2.17. The summed E-state index contributed by atoms with van der Waals surface area (Å²) in [6.07, 6.45) is 0. The molecule has 0 saturated heterocycles. The van der Waals surface area contributed by atoms with Gasteiger partial charge in [-0.25, -0.2) is 4.98 Å². The first-order chi connectivity index (χ1) is 15.9. The number of ether oxygens (including phenoxy) is 1. The van der Waals surface area contributed by atoms with Crippen LogP contribution in [0.3, 0.4) is 0 Å². The van der Waals surface area contributed by atoms with Gasteiger partial charge >= 0.3 is 0 Å². The van der Waals surface area contributed by atoms with Crippen molar-refractivity contribution in [2.45, 2.75) is 26.7 Å². The van der Waals surface area contributed by atoms with Crippen LogP contribution in [-0.4, -0.2) is 23.4 Å². The largest absolute Gasteiger partial charge is 0.494 e. The number of rotatable bonds is 7. The van der Waals surface area contributed by atoms with Crippen LogP contribution in [-0.2, 0) is 0 Å². The summed E-state index contributed by atoms with van der Waals surface area (Å²) in [6.45, 7) is 6.55. The van der Waals surface area contributed by atoms with E-state index in [2.05, 4.69) is 5.32 Å². The number of aromatic nitrogens is 1. The predicted molar refractivity (Wildman–Crippen MR) is 133 cm³/mol. The molecule has 7 heteroatoms. The average molecular weight is 460 g/mol. The zero-order chi connectivity index (χ0) is 23.5. The van der Waals surface area contributed by atoms with Crippen molar-refractivity contribution < 1.29 is 14.3 Å². The van der Waals surface area contributed by atoms with Gasteiger partial charge in [-0.2, -0.15) is 0 Å². The van der Waals surface area contributed by atoms with Gasteiger partial charge in [0.05, 0.1) is 28.9 Å². The van der Waals surface area contributed by atoms with E-state index in [1.54, 1.807) is 12.1 Å². The van der Waals surface area contributed by atoms with E-state index >= 15 is 0 Å². The average Bonchev–Trinajstić information content (AvgIpc) is 3.23. The summed E-state index contributed by atoms with van der Waals surface area (Å²) in [5, 5.41) is 4.09. The monoisotopic (exact) mass is 459 g/mol. The third-order valence-electron chi connectivity index (χ3n) is 5.21. The van der Waals surface area contributed by atoms with E-state index < -0.39 is 5.91 Å². The first-order valence-corrected chi connectivity index (χ1v) is 11.6. The second-order valence-corrected chi connectivity index (χ2v) is 8.98. The Balaban J connectivity index is 1.78. The second kappa shape index (κ2) is 9.42. The Morgan fingerprint density at radius 2 is 1.85 bits per heavy atom. The number of hydrogen-bond donors (Lipinski definition) is 2. The van der Waals surface area contributed by atoms with Gasteiger partial charge in [0.2, 0.25) is 0 Å². The fraction of sp³-hybridized carbons (Fsp3) is 0.192.